The van der Waals surface area contributed by atoms with E-state index in [9.17, 15) is 9.59 Å². The van der Waals surface area contributed by atoms with Crippen LogP contribution < -0.4 is 0 Å². The van der Waals surface area contributed by atoms with Gasteiger partial charge in [0.1, 0.15) is 0 Å². The molecule has 0 fully saturated rings. The van der Waals surface area contributed by atoms with E-state index in [4.69, 9.17) is 9.84 Å². The lowest BCUT2D eigenvalue weighted by Crippen LogP contribution is -2.07. The first-order valence-corrected chi connectivity index (χ1v) is 9.97. The smallest absolute Gasteiger partial charge is 0.338 e. The van der Waals surface area contributed by atoms with E-state index in [1.165, 1.54) is 18.4 Å². The van der Waals surface area contributed by atoms with E-state index in [0.717, 1.165) is 25.2 Å². The van der Waals surface area contributed by atoms with Crippen molar-refractivity contribution in [1.82, 2.24) is 0 Å². The Bertz CT molecular complexity index is 666. The minimum Gasteiger partial charge on any atom is -0.481 e. The molecule has 0 unspecified atom stereocenters. The first-order chi connectivity index (χ1) is 13.5. The standard InChI is InChI=1S/C15H14O2.C9H18O2/c16-15(14-9-5-2-6-10-14)17-12-11-13-7-3-1-4-8-13;1-8(2)6-4-3-5-7-9(10)11/h1-10H,11-12H2;8H,3-7H2,1-2H3,(H,10,11). The monoisotopic (exact) mass is 384 g/mol. The van der Waals surface area contributed by atoms with Crippen LogP contribution >= 0.6 is 0 Å². The Morgan fingerprint density at radius 2 is 1.50 bits per heavy atom. The van der Waals surface area contributed by atoms with Crippen LogP contribution in [0.25, 0.3) is 0 Å². The number of benzene rings is 2. The molecule has 0 amide bonds. The van der Waals surface area contributed by atoms with Crippen molar-refractivity contribution >= 4 is 11.9 Å². The van der Waals surface area contributed by atoms with Gasteiger partial charge in [-0.25, -0.2) is 4.79 Å². The highest BCUT2D eigenvalue weighted by Gasteiger charge is 2.05. The lowest BCUT2D eigenvalue weighted by Gasteiger charge is -2.04. The molecule has 0 saturated carbocycles. The van der Waals surface area contributed by atoms with Gasteiger partial charge in [-0.1, -0.05) is 81.6 Å². The van der Waals surface area contributed by atoms with Crippen molar-refractivity contribution in [1.29, 1.82) is 0 Å². The zero-order valence-electron chi connectivity index (χ0n) is 17.0. The van der Waals surface area contributed by atoms with Crippen molar-refractivity contribution in [2.75, 3.05) is 6.61 Å². The number of aliphatic carboxylic acids is 1. The second-order valence-electron chi connectivity index (χ2n) is 7.12. The summed E-state index contributed by atoms with van der Waals surface area (Å²) in [5.41, 5.74) is 1.77. The van der Waals surface area contributed by atoms with Crippen LogP contribution in [0.2, 0.25) is 0 Å². The molecule has 2 rings (SSSR count). The van der Waals surface area contributed by atoms with Gasteiger partial charge in [-0.3, -0.25) is 4.79 Å². The van der Waals surface area contributed by atoms with Crippen molar-refractivity contribution in [3.8, 4) is 0 Å². The summed E-state index contributed by atoms with van der Waals surface area (Å²) >= 11 is 0. The van der Waals surface area contributed by atoms with E-state index < -0.39 is 5.97 Å². The zero-order valence-corrected chi connectivity index (χ0v) is 17.0. The molecule has 4 nitrogen and oxygen atoms in total. The molecule has 0 aliphatic rings. The molecule has 0 radical (unpaired) electrons. The van der Waals surface area contributed by atoms with Crippen LogP contribution in [-0.2, 0) is 16.0 Å². The van der Waals surface area contributed by atoms with Crippen LogP contribution in [-0.4, -0.2) is 23.7 Å². The van der Waals surface area contributed by atoms with E-state index in [0.29, 0.717) is 18.6 Å². The number of hydrogen-bond acceptors (Lipinski definition) is 3. The summed E-state index contributed by atoms with van der Waals surface area (Å²) in [7, 11) is 0. The molecule has 0 aromatic heterocycles. The molecule has 0 aliphatic heterocycles. The van der Waals surface area contributed by atoms with E-state index in [1.807, 2.05) is 48.5 Å². The zero-order chi connectivity index (χ0) is 20.6. The molecular weight excluding hydrogens is 352 g/mol. The fourth-order valence-corrected chi connectivity index (χ4v) is 2.57. The van der Waals surface area contributed by atoms with Gasteiger partial charge in [-0.2, -0.15) is 0 Å². The van der Waals surface area contributed by atoms with E-state index in [2.05, 4.69) is 13.8 Å². The SMILES string of the molecule is CC(C)CCCCCC(=O)O.O=C(OCCc1ccccc1)c1ccccc1. The van der Waals surface area contributed by atoms with E-state index in [1.54, 1.807) is 12.1 Å². The number of carboxylic acids is 1. The maximum atomic E-state index is 11.6. The van der Waals surface area contributed by atoms with Crippen LogP contribution in [0.4, 0.5) is 0 Å². The van der Waals surface area contributed by atoms with Gasteiger partial charge in [0.15, 0.2) is 0 Å². The molecule has 0 aliphatic carbocycles. The topological polar surface area (TPSA) is 63.6 Å². The summed E-state index contributed by atoms with van der Waals surface area (Å²) in [4.78, 5) is 21.7. The average molecular weight is 385 g/mol. The Kier molecular flexibility index (Phi) is 12.1. The predicted molar refractivity (Wildman–Crippen MR) is 112 cm³/mol. The van der Waals surface area contributed by atoms with Gasteiger partial charge < -0.3 is 9.84 Å². The molecule has 2 aromatic carbocycles. The quantitative estimate of drug-likeness (QED) is 0.417. The highest BCUT2D eigenvalue weighted by atomic mass is 16.5. The third-order valence-electron chi connectivity index (χ3n) is 4.15. The second kappa shape index (κ2) is 14.4. The highest BCUT2D eigenvalue weighted by molar-refractivity contribution is 5.89. The van der Waals surface area contributed by atoms with Crippen LogP contribution in [0.5, 0.6) is 0 Å². The molecule has 2 aromatic rings. The first-order valence-electron chi connectivity index (χ1n) is 9.97. The number of carboxylic acid groups (broad SMARTS) is 1. The number of unbranched alkanes of at least 4 members (excludes halogenated alkanes) is 2. The summed E-state index contributed by atoms with van der Waals surface area (Å²) in [6.45, 7) is 4.80. The molecule has 0 saturated heterocycles. The van der Waals surface area contributed by atoms with Gasteiger partial charge in [0.05, 0.1) is 12.2 Å². The van der Waals surface area contributed by atoms with Crippen LogP contribution in [0.3, 0.4) is 0 Å². The number of rotatable bonds is 10. The fourth-order valence-electron chi connectivity index (χ4n) is 2.57. The Morgan fingerprint density at radius 1 is 0.893 bits per heavy atom. The predicted octanol–water partition coefficient (Wildman–Crippen LogP) is 5.76. The second-order valence-corrected chi connectivity index (χ2v) is 7.12. The normalized spacial score (nSPS) is 10.1. The summed E-state index contributed by atoms with van der Waals surface area (Å²) in [6, 6.07) is 19.0. The van der Waals surface area contributed by atoms with Crippen molar-refractivity contribution in [2.24, 2.45) is 5.92 Å². The number of ether oxygens (including phenoxy) is 1. The Hall–Kier alpha value is -2.62. The number of carbonyl (C=O) groups is 2. The van der Waals surface area contributed by atoms with Crippen molar-refractivity contribution < 1.29 is 19.4 Å². The molecule has 0 bridgehead atoms. The largest absolute Gasteiger partial charge is 0.481 e. The van der Waals surface area contributed by atoms with Crippen LogP contribution in [0, 0.1) is 5.92 Å². The lowest BCUT2D eigenvalue weighted by atomic mass is 10.0. The van der Waals surface area contributed by atoms with Crippen molar-refractivity contribution in [2.45, 2.75) is 52.4 Å². The Labute approximate surface area is 168 Å². The number of hydrogen-bond donors (Lipinski definition) is 1. The Morgan fingerprint density at radius 3 is 2.07 bits per heavy atom. The molecular formula is C24H32O4. The van der Waals surface area contributed by atoms with Crippen LogP contribution in [0.1, 0.15) is 61.9 Å². The molecule has 28 heavy (non-hydrogen) atoms. The molecule has 0 heterocycles. The van der Waals surface area contributed by atoms with Crippen LogP contribution in [0.15, 0.2) is 60.7 Å². The van der Waals surface area contributed by atoms with Gasteiger partial charge in [0, 0.05) is 12.8 Å². The van der Waals surface area contributed by atoms with E-state index in [-0.39, 0.29) is 5.97 Å². The highest BCUT2D eigenvalue weighted by Crippen LogP contribution is 2.09. The first kappa shape index (κ1) is 23.4. The third kappa shape index (κ3) is 11.9. The summed E-state index contributed by atoms with van der Waals surface area (Å²) in [5.74, 6) is -0.184. The van der Waals surface area contributed by atoms with Gasteiger partial charge in [0.25, 0.3) is 0 Å². The Balaban J connectivity index is 0.000000311. The van der Waals surface area contributed by atoms with E-state index >= 15 is 0 Å². The molecule has 1 N–H and O–H groups in total. The third-order valence-corrected chi connectivity index (χ3v) is 4.15. The molecule has 0 atom stereocenters. The average Bonchev–Trinajstić information content (AvgIpc) is 2.69. The molecule has 4 heteroatoms. The number of esters is 1. The van der Waals surface area contributed by atoms with Gasteiger partial charge in [-0.05, 0) is 30.0 Å². The summed E-state index contributed by atoms with van der Waals surface area (Å²) in [5, 5.41) is 8.32. The number of carbonyl (C=O) groups excluding carboxylic acids is 1. The van der Waals surface area contributed by atoms with Gasteiger partial charge >= 0.3 is 11.9 Å². The summed E-state index contributed by atoms with van der Waals surface area (Å²) < 4.78 is 5.19. The van der Waals surface area contributed by atoms with Gasteiger partial charge in [0.2, 0.25) is 0 Å². The van der Waals surface area contributed by atoms with Gasteiger partial charge in [-0.15, -0.1) is 0 Å². The minimum atomic E-state index is -0.672. The fraction of sp³-hybridized carbons (Fsp3) is 0.417. The molecule has 0 spiro atoms. The molecule has 152 valence electrons. The maximum absolute atomic E-state index is 11.6. The maximum Gasteiger partial charge on any atom is 0.338 e. The minimum absolute atomic E-state index is 0.262. The summed E-state index contributed by atoms with van der Waals surface area (Å²) in [6.07, 6.45) is 5.37. The van der Waals surface area contributed by atoms with Crippen molar-refractivity contribution in [3.63, 3.8) is 0 Å². The lowest BCUT2D eigenvalue weighted by molar-refractivity contribution is -0.137. The van der Waals surface area contributed by atoms with Crippen molar-refractivity contribution in [3.05, 3.63) is 71.8 Å².